The van der Waals surface area contributed by atoms with Crippen LogP contribution in [0.4, 0.5) is 26.3 Å². The van der Waals surface area contributed by atoms with Crippen LogP contribution in [0.3, 0.4) is 0 Å². The minimum atomic E-state index is -4.54. The van der Waals surface area contributed by atoms with Crippen molar-refractivity contribution in [3.63, 3.8) is 0 Å². The predicted molar refractivity (Wildman–Crippen MR) is 35.4 cm³/mol. The van der Waals surface area contributed by atoms with E-state index in [1.54, 1.807) is 0 Å². The third kappa shape index (κ3) is 3.08. The highest BCUT2D eigenvalue weighted by atomic mass is 19.3. The second kappa shape index (κ2) is 4.19. The Labute approximate surface area is 71.9 Å². The van der Waals surface area contributed by atoms with Crippen molar-refractivity contribution in [1.82, 2.24) is 0 Å². The first-order valence-corrected chi connectivity index (χ1v) is 3.52. The molecule has 0 heterocycles. The Hall–Kier alpha value is -0.420. The van der Waals surface area contributed by atoms with Gasteiger partial charge in [0, 0.05) is 6.42 Å². The van der Waals surface area contributed by atoms with Crippen molar-refractivity contribution in [3.8, 4) is 0 Å². The minimum absolute atomic E-state index is 1.35. The molecule has 0 aliphatic rings. The molecule has 0 spiro atoms. The fourth-order valence-electron chi connectivity index (χ4n) is 0.665. The van der Waals surface area contributed by atoms with Gasteiger partial charge >= 0.3 is 11.8 Å². The van der Waals surface area contributed by atoms with Crippen LogP contribution in [0, 0.1) is 6.92 Å². The standard InChI is InChI=1S/C7H9F6/c1-2-6(10,11)7(12,13)3-5(9)4-8/h5H,1-4H2/t5-/m0/s1. The molecule has 0 aromatic rings. The van der Waals surface area contributed by atoms with Gasteiger partial charge in [0.1, 0.15) is 12.8 Å². The Kier molecular flexibility index (Phi) is 4.06. The average molecular weight is 207 g/mol. The molecule has 0 aliphatic carbocycles. The first kappa shape index (κ1) is 12.6. The molecule has 0 N–H and O–H groups in total. The van der Waals surface area contributed by atoms with Gasteiger partial charge in [-0.3, -0.25) is 0 Å². The lowest BCUT2D eigenvalue weighted by Gasteiger charge is -2.25. The van der Waals surface area contributed by atoms with Crippen molar-refractivity contribution in [2.24, 2.45) is 0 Å². The third-order valence-electron chi connectivity index (χ3n) is 1.49. The molecule has 0 bridgehead atoms. The van der Waals surface area contributed by atoms with Crippen LogP contribution < -0.4 is 0 Å². The zero-order valence-electron chi connectivity index (χ0n) is 6.67. The largest absolute Gasteiger partial charge is 0.313 e. The van der Waals surface area contributed by atoms with Crippen LogP contribution >= 0.6 is 0 Å². The SMILES string of the molecule is [CH2]CC(F)(F)C(F)(F)C[C@H](F)CF. The molecule has 1 radical (unpaired) electrons. The number of halogens is 6. The molecule has 0 aromatic carbocycles. The van der Waals surface area contributed by atoms with E-state index in [2.05, 4.69) is 6.92 Å². The van der Waals surface area contributed by atoms with Crippen molar-refractivity contribution in [3.05, 3.63) is 6.92 Å². The molecule has 0 fully saturated rings. The van der Waals surface area contributed by atoms with Crippen molar-refractivity contribution >= 4 is 0 Å². The summed E-state index contributed by atoms with van der Waals surface area (Å²) in [6, 6.07) is 0. The average Bonchev–Trinajstić information content (AvgIpc) is 2.03. The van der Waals surface area contributed by atoms with Gasteiger partial charge in [0.2, 0.25) is 0 Å². The Morgan fingerprint density at radius 2 is 1.54 bits per heavy atom. The van der Waals surface area contributed by atoms with Crippen LogP contribution in [0.1, 0.15) is 12.8 Å². The zero-order valence-corrected chi connectivity index (χ0v) is 6.67. The molecule has 0 aromatic heterocycles. The summed E-state index contributed by atoms with van der Waals surface area (Å²) >= 11 is 0. The summed E-state index contributed by atoms with van der Waals surface area (Å²) in [6.45, 7) is 0.919. The van der Waals surface area contributed by atoms with Crippen LogP contribution in [0.2, 0.25) is 0 Å². The molecule has 1 atom stereocenters. The Bertz CT molecular complexity index is 155. The van der Waals surface area contributed by atoms with E-state index in [1.807, 2.05) is 0 Å². The van der Waals surface area contributed by atoms with Crippen LogP contribution in [0.15, 0.2) is 0 Å². The van der Waals surface area contributed by atoms with Crippen molar-refractivity contribution in [2.45, 2.75) is 30.9 Å². The van der Waals surface area contributed by atoms with Gasteiger partial charge in [0.15, 0.2) is 0 Å². The zero-order chi connectivity index (χ0) is 10.7. The molecule has 0 rings (SSSR count). The molecular formula is C7H9F6. The van der Waals surface area contributed by atoms with E-state index in [-0.39, 0.29) is 0 Å². The highest BCUT2D eigenvalue weighted by molar-refractivity contribution is 4.87. The lowest BCUT2D eigenvalue weighted by atomic mass is 10.0. The van der Waals surface area contributed by atoms with E-state index in [0.29, 0.717) is 0 Å². The number of hydrogen-bond acceptors (Lipinski definition) is 0. The first-order chi connectivity index (χ1) is 5.77. The van der Waals surface area contributed by atoms with E-state index in [9.17, 15) is 26.3 Å². The summed E-state index contributed by atoms with van der Waals surface area (Å²) in [5.74, 6) is -8.92. The molecule has 0 amide bonds. The summed E-state index contributed by atoms with van der Waals surface area (Å²) < 4.78 is 73.1. The van der Waals surface area contributed by atoms with Gasteiger partial charge in [0.25, 0.3) is 0 Å². The number of rotatable bonds is 5. The summed E-state index contributed by atoms with van der Waals surface area (Å²) in [7, 11) is 0. The topological polar surface area (TPSA) is 0 Å². The van der Waals surface area contributed by atoms with Gasteiger partial charge in [-0.15, -0.1) is 0 Å². The molecule has 0 aliphatic heterocycles. The van der Waals surface area contributed by atoms with Crippen LogP contribution in [0.5, 0.6) is 0 Å². The Morgan fingerprint density at radius 3 is 1.85 bits per heavy atom. The molecule has 79 valence electrons. The number of alkyl halides is 6. The van der Waals surface area contributed by atoms with E-state index in [1.165, 1.54) is 0 Å². The maximum absolute atomic E-state index is 12.4. The van der Waals surface area contributed by atoms with Crippen molar-refractivity contribution in [1.29, 1.82) is 0 Å². The second-order valence-corrected chi connectivity index (χ2v) is 2.61. The predicted octanol–water partition coefficient (Wildman–Crippen LogP) is 3.18. The van der Waals surface area contributed by atoms with Gasteiger partial charge in [-0.05, 0) is 6.92 Å². The number of hydrogen-bond donors (Lipinski definition) is 0. The third-order valence-corrected chi connectivity index (χ3v) is 1.49. The van der Waals surface area contributed by atoms with E-state index < -0.39 is 37.5 Å². The van der Waals surface area contributed by atoms with Gasteiger partial charge in [-0.2, -0.15) is 17.6 Å². The summed E-state index contributed by atoms with van der Waals surface area (Å²) in [5, 5.41) is 0. The second-order valence-electron chi connectivity index (χ2n) is 2.61. The van der Waals surface area contributed by atoms with Crippen molar-refractivity contribution in [2.75, 3.05) is 6.67 Å². The molecule has 13 heavy (non-hydrogen) atoms. The van der Waals surface area contributed by atoms with Gasteiger partial charge in [0.05, 0.1) is 6.42 Å². The highest BCUT2D eigenvalue weighted by Gasteiger charge is 2.55. The van der Waals surface area contributed by atoms with E-state index in [4.69, 9.17) is 0 Å². The monoisotopic (exact) mass is 207 g/mol. The molecular weight excluding hydrogens is 198 g/mol. The molecule has 0 saturated carbocycles. The maximum atomic E-state index is 12.4. The van der Waals surface area contributed by atoms with E-state index in [0.717, 1.165) is 0 Å². The summed E-state index contributed by atoms with van der Waals surface area (Å²) in [5.41, 5.74) is 0. The lowest BCUT2D eigenvalue weighted by Crippen LogP contribution is -2.42. The van der Waals surface area contributed by atoms with E-state index >= 15 is 0 Å². The Balaban J connectivity index is 4.38. The van der Waals surface area contributed by atoms with Crippen molar-refractivity contribution < 1.29 is 26.3 Å². The van der Waals surface area contributed by atoms with Gasteiger partial charge in [-0.25, -0.2) is 8.78 Å². The molecule has 0 saturated heterocycles. The van der Waals surface area contributed by atoms with Crippen LogP contribution in [-0.2, 0) is 0 Å². The smallest absolute Gasteiger partial charge is 0.248 e. The molecule has 0 nitrogen and oxygen atoms in total. The summed E-state index contributed by atoms with van der Waals surface area (Å²) in [6.07, 6.45) is -5.72. The van der Waals surface area contributed by atoms with Crippen LogP contribution in [-0.4, -0.2) is 24.7 Å². The minimum Gasteiger partial charge on any atom is -0.248 e. The highest BCUT2D eigenvalue weighted by Crippen LogP contribution is 2.40. The van der Waals surface area contributed by atoms with Gasteiger partial charge in [-0.1, -0.05) is 0 Å². The summed E-state index contributed by atoms with van der Waals surface area (Å²) in [4.78, 5) is 0. The fraction of sp³-hybridized carbons (Fsp3) is 0.857. The molecule has 0 unspecified atom stereocenters. The Morgan fingerprint density at radius 1 is 1.08 bits per heavy atom. The first-order valence-electron chi connectivity index (χ1n) is 3.52. The normalized spacial score (nSPS) is 15.9. The molecule has 6 heteroatoms. The maximum Gasteiger partial charge on any atom is 0.313 e. The van der Waals surface area contributed by atoms with Gasteiger partial charge < -0.3 is 0 Å². The fourth-order valence-corrected chi connectivity index (χ4v) is 0.665. The van der Waals surface area contributed by atoms with Crippen LogP contribution in [0.25, 0.3) is 0 Å². The lowest BCUT2D eigenvalue weighted by molar-refractivity contribution is -0.216. The quantitative estimate of drug-likeness (QED) is 0.607.